The molecule has 30 heavy (non-hydrogen) atoms. The van der Waals surface area contributed by atoms with E-state index in [0.717, 1.165) is 10.1 Å². The molecule has 0 saturated carbocycles. The molecule has 160 valence electrons. The molecule has 0 bridgehead atoms. The Balaban J connectivity index is 2.40. The van der Waals surface area contributed by atoms with Crippen molar-refractivity contribution in [3.05, 3.63) is 55.8 Å². The Morgan fingerprint density at radius 3 is 2.67 bits per heavy atom. The highest BCUT2D eigenvalue weighted by Gasteiger charge is 2.28. The summed E-state index contributed by atoms with van der Waals surface area (Å²) in [6.07, 6.45) is -0.519. The van der Waals surface area contributed by atoms with Gasteiger partial charge in [-0.1, -0.05) is 11.6 Å². The first-order chi connectivity index (χ1) is 14.2. The molecule has 0 aliphatic heterocycles. The summed E-state index contributed by atoms with van der Waals surface area (Å²) in [6, 6.07) is 6.85. The van der Waals surface area contributed by atoms with Crippen molar-refractivity contribution in [2.24, 2.45) is 0 Å². The molecule has 0 fully saturated rings. The number of aryl methyl sites for hydroxylation is 1. The average Bonchev–Trinajstić information content (AvgIpc) is 2.70. The normalized spacial score (nSPS) is 11.7. The second kappa shape index (κ2) is 10.3. The van der Waals surface area contributed by atoms with Gasteiger partial charge in [-0.25, -0.2) is 0 Å². The smallest absolute Gasteiger partial charge is 0.271 e. The highest BCUT2D eigenvalue weighted by atomic mass is 35.5. The van der Waals surface area contributed by atoms with E-state index in [2.05, 4.69) is 0 Å². The quantitative estimate of drug-likeness (QED) is 0.478. The molecule has 1 aromatic carbocycles. The summed E-state index contributed by atoms with van der Waals surface area (Å²) < 4.78 is 12.0. The Morgan fingerprint density at radius 1 is 1.37 bits per heavy atom. The number of carbonyl (C=O) groups is 1. The minimum absolute atomic E-state index is 0.0965. The predicted molar refractivity (Wildman–Crippen MR) is 114 cm³/mol. The van der Waals surface area contributed by atoms with Gasteiger partial charge in [0.2, 0.25) is 11.7 Å². The first-order valence-corrected chi connectivity index (χ1v) is 10.0. The standard InChI is InChI=1S/C22H25ClN2O5/c1-5-29-10-6-9-25-21(27)17(12-24)14(3)19(22(25)28)20(26)15(4)30-16-7-8-18(23)13(2)11-16/h7-8,11,15,28H,5-6,9-10H2,1-4H3. The molecule has 0 saturated heterocycles. The zero-order valence-corrected chi connectivity index (χ0v) is 18.2. The van der Waals surface area contributed by atoms with Crippen molar-refractivity contribution in [2.75, 3.05) is 13.2 Å². The van der Waals surface area contributed by atoms with Gasteiger partial charge in [0.05, 0.1) is 5.56 Å². The molecule has 1 aromatic heterocycles. The van der Waals surface area contributed by atoms with Gasteiger partial charge in [0, 0.05) is 24.8 Å². The molecule has 7 nitrogen and oxygen atoms in total. The van der Waals surface area contributed by atoms with Gasteiger partial charge in [0.25, 0.3) is 5.56 Å². The third kappa shape index (κ3) is 5.02. The summed E-state index contributed by atoms with van der Waals surface area (Å²) in [7, 11) is 0. The fraction of sp³-hybridized carbons (Fsp3) is 0.409. The van der Waals surface area contributed by atoms with E-state index in [-0.39, 0.29) is 23.2 Å². The Bertz CT molecular complexity index is 1040. The number of ether oxygens (including phenoxy) is 2. The van der Waals surface area contributed by atoms with Crippen molar-refractivity contribution in [1.29, 1.82) is 5.26 Å². The van der Waals surface area contributed by atoms with Gasteiger partial charge >= 0.3 is 0 Å². The van der Waals surface area contributed by atoms with Gasteiger partial charge in [0.1, 0.15) is 17.4 Å². The van der Waals surface area contributed by atoms with E-state index < -0.39 is 23.3 Å². The highest BCUT2D eigenvalue weighted by Crippen LogP contribution is 2.26. The average molecular weight is 433 g/mol. The molecule has 2 rings (SSSR count). The van der Waals surface area contributed by atoms with E-state index in [1.807, 2.05) is 19.9 Å². The van der Waals surface area contributed by atoms with E-state index in [9.17, 15) is 20.0 Å². The van der Waals surface area contributed by atoms with E-state index >= 15 is 0 Å². The monoisotopic (exact) mass is 432 g/mol. The molecule has 0 radical (unpaired) electrons. The van der Waals surface area contributed by atoms with Crippen molar-refractivity contribution in [3.63, 3.8) is 0 Å². The predicted octanol–water partition coefficient (Wildman–Crippen LogP) is 3.77. The van der Waals surface area contributed by atoms with Crippen molar-refractivity contribution in [3.8, 4) is 17.7 Å². The SMILES string of the molecule is CCOCCCn1c(O)c(C(=O)C(C)Oc2ccc(Cl)c(C)c2)c(C)c(C#N)c1=O. The maximum Gasteiger partial charge on any atom is 0.271 e. The third-order valence-corrected chi connectivity index (χ3v) is 5.16. The molecule has 0 aliphatic rings. The van der Waals surface area contributed by atoms with Crippen LogP contribution in [0.15, 0.2) is 23.0 Å². The van der Waals surface area contributed by atoms with Gasteiger partial charge in [0.15, 0.2) is 6.10 Å². The molecule has 8 heteroatoms. The van der Waals surface area contributed by atoms with Gasteiger partial charge in [-0.2, -0.15) is 5.26 Å². The van der Waals surface area contributed by atoms with Crippen LogP contribution in [0.4, 0.5) is 0 Å². The van der Waals surface area contributed by atoms with Crippen LogP contribution in [0.3, 0.4) is 0 Å². The number of aromatic hydroxyl groups is 1. The largest absolute Gasteiger partial charge is 0.494 e. The topological polar surface area (TPSA) is 102 Å². The van der Waals surface area contributed by atoms with Crippen molar-refractivity contribution in [1.82, 2.24) is 4.57 Å². The molecule has 0 aliphatic carbocycles. The number of pyridine rings is 1. The lowest BCUT2D eigenvalue weighted by molar-refractivity contribution is 0.0812. The van der Waals surface area contributed by atoms with Crippen LogP contribution < -0.4 is 10.3 Å². The van der Waals surface area contributed by atoms with Crippen molar-refractivity contribution >= 4 is 17.4 Å². The van der Waals surface area contributed by atoms with E-state index in [4.69, 9.17) is 21.1 Å². The van der Waals surface area contributed by atoms with Crippen molar-refractivity contribution in [2.45, 2.75) is 46.8 Å². The summed E-state index contributed by atoms with van der Waals surface area (Å²) in [5.74, 6) is -0.561. The second-order valence-electron chi connectivity index (χ2n) is 6.85. The highest BCUT2D eigenvalue weighted by molar-refractivity contribution is 6.31. The number of nitrogens with zero attached hydrogens (tertiary/aromatic N) is 2. The number of Topliss-reactive ketones (excluding diaryl/α,β-unsaturated/α-hetero) is 1. The van der Waals surface area contributed by atoms with Gasteiger partial charge in [-0.3, -0.25) is 14.2 Å². The summed E-state index contributed by atoms with van der Waals surface area (Å²) in [4.78, 5) is 25.7. The van der Waals surface area contributed by atoms with Crippen molar-refractivity contribution < 1.29 is 19.4 Å². The fourth-order valence-corrected chi connectivity index (χ4v) is 3.19. The lowest BCUT2D eigenvalue weighted by atomic mass is 9.99. The lowest BCUT2D eigenvalue weighted by Gasteiger charge is -2.19. The van der Waals surface area contributed by atoms with Crippen LogP contribution in [0.2, 0.25) is 5.02 Å². The number of carbonyl (C=O) groups excluding carboxylic acids is 1. The zero-order valence-electron chi connectivity index (χ0n) is 17.5. The lowest BCUT2D eigenvalue weighted by Crippen LogP contribution is -2.31. The molecular weight excluding hydrogens is 408 g/mol. The number of nitriles is 1. The molecule has 1 atom stereocenters. The molecule has 0 amide bonds. The Kier molecular flexibility index (Phi) is 8.04. The second-order valence-corrected chi connectivity index (χ2v) is 7.26. The maximum absolute atomic E-state index is 13.1. The Labute approximate surface area is 180 Å². The number of rotatable bonds is 9. The minimum atomic E-state index is -0.962. The Hall–Kier alpha value is -2.82. The van der Waals surface area contributed by atoms with E-state index in [1.165, 1.54) is 6.92 Å². The minimum Gasteiger partial charge on any atom is -0.494 e. The maximum atomic E-state index is 13.1. The third-order valence-electron chi connectivity index (χ3n) is 4.73. The molecule has 0 spiro atoms. The van der Waals surface area contributed by atoms with Gasteiger partial charge in [-0.15, -0.1) is 0 Å². The summed E-state index contributed by atoms with van der Waals surface area (Å²) in [5.41, 5.74) is 0.0153. The molecule has 1 N–H and O–H groups in total. The number of hydrogen-bond donors (Lipinski definition) is 1. The fourth-order valence-electron chi connectivity index (χ4n) is 3.07. The van der Waals surface area contributed by atoms with E-state index in [0.29, 0.717) is 30.4 Å². The first kappa shape index (κ1) is 23.5. The number of benzene rings is 1. The zero-order chi connectivity index (χ0) is 22.4. The number of hydrogen-bond acceptors (Lipinski definition) is 6. The first-order valence-electron chi connectivity index (χ1n) is 9.64. The Morgan fingerprint density at radius 2 is 2.07 bits per heavy atom. The van der Waals surface area contributed by atoms with Gasteiger partial charge in [-0.05, 0) is 63.4 Å². The van der Waals surface area contributed by atoms with Crippen LogP contribution in [0, 0.1) is 25.2 Å². The molecule has 1 unspecified atom stereocenters. The number of ketones is 1. The molecular formula is C22H25ClN2O5. The molecule has 1 heterocycles. The van der Waals surface area contributed by atoms with E-state index in [1.54, 1.807) is 25.1 Å². The molecule has 2 aromatic rings. The van der Waals surface area contributed by atoms with Crippen LogP contribution in [0.5, 0.6) is 11.6 Å². The van der Waals surface area contributed by atoms with Crippen LogP contribution in [0.1, 0.15) is 47.3 Å². The summed E-state index contributed by atoms with van der Waals surface area (Å²) >= 11 is 6.02. The van der Waals surface area contributed by atoms with Crippen LogP contribution in [-0.4, -0.2) is 34.8 Å². The van der Waals surface area contributed by atoms with Crippen LogP contribution >= 0.6 is 11.6 Å². The summed E-state index contributed by atoms with van der Waals surface area (Å²) in [5, 5.41) is 20.7. The van der Waals surface area contributed by atoms with Crippen LogP contribution in [-0.2, 0) is 11.3 Å². The van der Waals surface area contributed by atoms with Gasteiger partial charge < -0.3 is 14.6 Å². The summed E-state index contributed by atoms with van der Waals surface area (Å²) in [6.45, 7) is 7.71. The van der Waals surface area contributed by atoms with Crippen LogP contribution in [0.25, 0.3) is 0 Å². The number of halogens is 1. The number of aromatic nitrogens is 1.